The van der Waals surface area contributed by atoms with E-state index in [9.17, 15) is 4.79 Å². The van der Waals surface area contributed by atoms with E-state index in [0.717, 1.165) is 31.5 Å². The van der Waals surface area contributed by atoms with Crippen molar-refractivity contribution in [1.29, 1.82) is 0 Å². The van der Waals surface area contributed by atoms with E-state index >= 15 is 0 Å². The third kappa shape index (κ3) is 2.64. The first-order valence-corrected chi connectivity index (χ1v) is 5.83. The van der Waals surface area contributed by atoms with Crippen molar-refractivity contribution in [2.75, 3.05) is 13.1 Å². The van der Waals surface area contributed by atoms with Gasteiger partial charge in [-0.1, -0.05) is 6.42 Å². The maximum atomic E-state index is 11.9. The van der Waals surface area contributed by atoms with Gasteiger partial charge in [0.05, 0.1) is 6.26 Å². The molecule has 0 bridgehead atoms. The summed E-state index contributed by atoms with van der Waals surface area (Å²) >= 11 is 0. The van der Waals surface area contributed by atoms with Crippen LogP contribution in [0.1, 0.15) is 35.4 Å². The summed E-state index contributed by atoms with van der Waals surface area (Å²) in [7, 11) is 0. The fourth-order valence-corrected chi connectivity index (χ4v) is 2.00. The van der Waals surface area contributed by atoms with Crippen molar-refractivity contribution in [1.82, 2.24) is 10.6 Å². The van der Waals surface area contributed by atoms with Crippen molar-refractivity contribution in [3.8, 4) is 0 Å². The van der Waals surface area contributed by atoms with Gasteiger partial charge in [-0.05, 0) is 32.4 Å². The molecule has 1 aliphatic rings. The second kappa shape index (κ2) is 5.16. The van der Waals surface area contributed by atoms with E-state index in [4.69, 9.17) is 4.42 Å². The molecule has 2 heterocycles. The van der Waals surface area contributed by atoms with Crippen LogP contribution in [-0.2, 0) is 0 Å². The van der Waals surface area contributed by atoms with Crippen LogP contribution in [0, 0.1) is 6.92 Å². The van der Waals surface area contributed by atoms with Gasteiger partial charge in [-0.15, -0.1) is 0 Å². The summed E-state index contributed by atoms with van der Waals surface area (Å²) in [6, 6.07) is 2.03. The molecular weight excluding hydrogens is 204 g/mol. The molecule has 1 amide bonds. The highest BCUT2D eigenvalue weighted by molar-refractivity contribution is 5.92. The molecule has 88 valence electrons. The molecule has 1 fully saturated rings. The van der Waals surface area contributed by atoms with E-state index in [1.54, 1.807) is 12.3 Å². The molecule has 1 unspecified atom stereocenters. The van der Waals surface area contributed by atoms with Crippen molar-refractivity contribution >= 4 is 5.91 Å². The molecule has 1 aromatic heterocycles. The fraction of sp³-hybridized carbons (Fsp3) is 0.583. The Morgan fingerprint density at radius 3 is 3.19 bits per heavy atom. The van der Waals surface area contributed by atoms with Crippen molar-refractivity contribution in [3.63, 3.8) is 0 Å². The summed E-state index contributed by atoms with van der Waals surface area (Å²) in [6.45, 7) is 3.78. The number of furan rings is 1. The predicted octanol–water partition coefficient (Wildman–Crippen LogP) is 1.46. The van der Waals surface area contributed by atoms with E-state index in [1.165, 1.54) is 6.42 Å². The number of hydrogen-bond donors (Lipinski definition) is 2. The lowest BCUT2D eigenvalue weighted by atomic mass is 10.1. The number of carbonyl (C=O) groups excluding carboxylic acids is 1. The normalized spacial score (nSPS) is 21.4. The van der Waals surface area contributed by atoms with Crippen molar-refractivity contribution in [2.24, 2.45) is 0 Å². The minimum absolute atomic E-state index is 0.101. The fourth-order valence-electron chi connectivity index (χ4n) is 2.00. The third-order valence-corrected chi connectivity index (χ3v) is 2.95. The summed E-state index contributed by atoms with van der Waals surface area (Å²) in [6.07, 6.45) is 4.94. The van der Waals surface area contributed by atoms with Crippen LogP contribution in [0.5, 0.6) is 0 Å². The molecule has 1 aliphatic heterocycles. The van der Waals surface area contributed by atoms with E-state index in [1.807, 2.05) is 6.92 Å². The van der Waals surface area contributed by atoms with Crippen LogP contribution in [0.15, 0.2) is 16.7 Å². The van der Waals surface area contributed by atoms with Gasteiger partial charge in [-0.3, -0.25) is 4.79 Å². The minimum atomic E-state index is -0.101. The molecule has 4 heteroatoms. The first-order chi connectivity index (χ1) is 7.77. The molecule has 1 aromatic rings. The molecule has 1 saturated heterocycles. The van der Waals surface area contributed by atoms with E-state index < -0.39 is 0 Å². The van der Waals surface area contributed by atoms with Gasteiger partial charge in [-0.2, -0.15) is 0 Å². The number of nitrogens with one attached hydrogen (secondary N) is 2. The number of aryl methyl sites for hydroxylation is 1. The second-order valence-corrected chi connectivity index (χ2v) is 4.30. The van der Waals surface area contributed by atoms with Crippen LogP contribution in [0.3, 0.4) is 0 Å². The summed E-state index contributed by atoms with van der Waals surface area (Å²) in [4.78, 5) is 11.9. The minimum Gasteiger partial charge on any atom is -0.459 e. The highest BCUT2D eigenvalue weighted by Gasteiger charge is 2.18. The Balaban J connectivity index is 1.93. The Morgan fingerprint density at radius 2 is 2.44 bits per heavy atom. The van der Waals surface area contributed by atoms with Gasteiger partial charge in [0, 0.05) is 18.2 Å². The second-order valence-electron chi connectivity index (χ2n) is 4.30. The molecule has 0 saturated carbocycles. The maximum absolute atomic E-state index is 11.9. The zero-order chi connectivity index (χ0) is 11.4. The van der Waals surface area contributed by atoms with Gasteiger partial charge >= 0.3 is 0 Å². The van der Waals surface area contributed by atoms with Crippen LogP contribution in [0.25, 0.3) is 0 Å². The third-order valence-electron chi connectivity index (χ3n) is 2.95. The standard InChI is InChI=1S/C12H18N2O2/c1-9-5-7-16-11(9)12(15)14-10-4-2-3-6-13-8-10/h5,7,10,13H,2-4,6,8H2,1H3,(H,14,15). The molecular formula is C12H18N2O2. The van der Waals surface area contributed by atoms with Gasteiger partial charge in [0.1, 0.15) is 0 Å². The molecule has 0 aromatic carbocycles. The van der Waals surface area contributed by atoms with Crippen molar-refractivity contribution in [3.05, 3.63) is 23.7 Å². The first kappa shape index (κ1) is 11.2. The Hall–Kier alpha value is -1.29. The quantitative estimate of drug-likeness (QED) is 0.796. The zero-order valence-electron chi connectivity index (χ0n) is 9.58. The lowest BCUT2D eigenvalue weighted by molar-refractivity contribution is 0.0906. The van der Waals surface area contributed by atoms with Crippen LogP contribution in [-0.4, -0.2) is 25.0 Å². The predicted molar refractivity (Wildman–Crippen MR) is 61.4 cm³/mol. The molecule has 0 spiro atoms. The summed E-state index contributed by atoms with van der Waals surface area (Å²) in [5.74, 6) is 0.334. The maximum Gasteiger partial charge on any atom is 0.287 e. The van der Waals surface area contributed by atoms with Crippen molar-refractivity contribution < 1.29 is 9.21 Å². The lowest BCUT2D eigenvalue weighted by Crippen LogP contribution is -2.40. The van der Waals surface area contributed by atoms with Gasteiger partial charge in [0.2, 0.25) is 0 Å². The van der Waals surface area contributed by atoms with Gasteiger partial charge in [0.15, 0.2) is 5.76 Å². The van der Waals surface area contributed by atoms with E-state index in [-0.39, 0.29) is 11.9 Å². The zero-order valence-corrected chi connectivity index (χ0v) is 9.58. The topological polar surface area (TPSA) is 54.3 Å². The molecule has 0 aliphatic carbocycles. The Bertz CT molecular complexity index is 352. The number of rotatable bonds is 2. The molecule has 2 N–H and O–H groups in total. The molecule has 0 radical (unpaired) electrons. The highest BCUT2D eigenvalue weighted by atomic mass is 16.3. The Kier molecular flexibility index (Phi) is 3.62. The van der Waals surface area contributed by atoms with E-state index in [2.05, 4.69) is 10.6 Å². The van der Waals surface area contributed by atoms with Gasteiger partial charge in [-0.25, -0.2) is 0 Å². The highest BCUT2D eigenvalue weighted by Crippen LogP contribution is 2.10. The van der Waals surface area contributed by atoms with Gasteiger partial charge in [0.25, 0.3) is 5.91 Å². The van der Waals surface area contributed by atoms with Crippen LogP contribution in [0.2, 0.25) is 0 Å². The molecule has 4 nitrogen and oxygen atoms in total. The number of amides is 1. The summed E-state index contributed by atoms with van der Waals surface area (Å²) in [5, 5.41) is 6.32. The summed E-state index contributed by atoms with van der Waals surface area (Å²) in [5.41, 5.74) is 0.888. The van der Waals surface area contributed by atoms with Crippen LogP contribution >= 0.6 is 0 Å². The number of hydrogen-bond acceptors (Lipinski definition) is 3. The van der Waals surface area contributed by atoms with Gasteiger partial charge < -0.3 is 15.1 Å². The average molecular weight is 222 g/mol. The molecule has 2 rings (SSSR count). The largest absolute Gasteiger partial charge is 0.459 e. The van der Waals surface area contributed by atoms with Crippen LogP contribution in [0.4, 0.5) is 0 Å². The molecule has 1 atom stereocenters. The first-order valence-electron chi connectivity index (χ1n) is 5.83. The number of carbonyl (C=O) groups is 1. The smallest absolute Gasteiger partial charge is 0.287 e. The Labute approximate surface area is 95.4 Å². The van der Waals surface area contributed by atoms with Crippen molar-refractivity contribution in [2.45, 2.75) is 32.2 Å². The van der Waals surface area contributed by atoms with E-state index in [0.29, 0.717) is 5.76 Å². The monoisotopic (exact) mass is 222 g/mol. The Morgan fingerprint density at radius 1 is 1.56 bits per heavy atom. The summed E-state index contributed by atoms with van der Waals surface area (Å²) < 4.78 is 5.17. The lowest BCUT2D eigenvalue weighted by Gasteiger charge is -2.15. The average Bonchev–Trinajstić information content (AvgIpc) is 2.53. The molecule has 16 heavy (non-hydrogen) atoms. The SMILES string of the molecule is Cc1ccoc1C(=O)NC1CCCCNC1. The van der Waals surface area contributed by atoms with Crippen LogP contribution < -0.4 is 10.6 Å².